The normalized spacial score (nSPS) is 26.7. The zero-order valence-corrected chi connectivity index (χ0v) is 11.3. The molecule has 0 aromatic heterocycles. The lowest BCUT2D eigenvalue weighted by atomic mass is 9.99. The summed E-state index contributed by atoms with van der Waals surface area (Å²) in [7, 11) is 0. The molecule has 0 amide bonds. The molecule has 1 aromatic rings. The number of hydrogen-bond acceptors (Lipinski definition) is 3. The molecule has 2 heterocycles. The van der Waals surface area contributed by atoms with Crippen LogP contribution in [0.25, 0.3) is 0 Å². The minimum Gasteiger partial charge on any atom is -0.384 e. The van der Waals surface area contributed by atoms with E-state index in [9.17, 15) is 0 Å². The van der Waals surface area contributed by atoms with E-state index in [0.29, 0.717) is 5.92 Å². The van der Waals surface area contributed by atoms with Crippen molar-refractivity contribution in [3.63, 3.8) is 0 Å². The van der Waals surface area contributed by atoms with Crippen molar-refractivity contribution in [2.45, 2.75) is 25.4 Å². The summed E-state index contributed by atoms with van der Waals surface area (Å²) in [6.45, 7) is 9.51. The third kappa shape index (κ3) is 2.38. The summed E-state index contributed by atoms with van der Waals surface area (Å²) in [6.07, 6.45) is 0. The van der Waals surface area contributed by atoms with Gasteiger partial charge in [-0.2, -0.15) is 0 Å². The SMILES string of the molecule is CC1(C)CN(CC2CNc3ccccc32)CCO1. The Bertz CT molecular complexity index is 430. The maximum atomic E-state index is 5.77. The van der Waals surface area contributed by atoms with E-state index in [-0.39, 0.29) is 5.60 Å². The van der Waals surface area contributed by atoms with Crippen LogP contribution in [-0.4, -0.2) is 43.3 Å². The minimum atomic E-state index is 0.00377. The lowest BCUT2D eigenvalue weighted by Crippen LogP contribution is -2.49. The summed E-state index contributed by atoms with van der Waals surface area (Å²) < 4.78 is 5.77. The molecule has 0 aliphatic carbocycles. The van der Waals surface area contributed by atoms with Gasteiger partial charge in [-0.05, 0) is 25.5 Å². The van der Waals surface area contributed by atoms with Crippen LogP contribution in [0.5, 0.6) is 0 Å². The van der Waals surface area contributed by atoms with Gasteiger partial charge in [-0.3, -0.25) is 4.90 Å². The fourth-order valence-electron chi connectivity index (χ4n) is 3.10. The largest absolute Gasteiger partial charge is 0.384 e. The lowest BCUT2D eigenvalue weighted by Gasteiger charge is -2.39. The fourth-order valence-corrected chi connectivity index (χ4v) is 3.10. The van der Waals surface area contributed by atoms with Gasteiger partial charge in [0.2, 0.25) is 0 Å². The second kappa shape index (κ2) is 4.56. The molecule has 1 unspecified atom stereocenters. The number of anilines is 1. The van der Waals surface area contributed by atoms with Crippen LogP contribution in [0.3, 0.4) is 0 Å². The number of para-hydroxylation sites is 1. The number of ether oxygens (including phenoxy) is 1. The van der Waals surface area contributed by atoms with Crippen LogP contribution in [0, 0.1) is 0 Å². The molecule has 1 saturated heterocycles. The number of nitrogens with one attached hydrogen (secondary N) is 1. The van der Waals surface area contributed by atoms with Crippen molar-refractivity contribution < 1.29 is 4.74 Å². The first kappa shape index (κ1) is 12.0. The van der Waals surface area contributed by atoms with Gasteiger partial charge in [-0.25, -0.2) is 0 Å². The molecule has 1 N–H and O–H groups in total. The number of fused-ring (bicyclic) bond motifs is 1. The van der Waals surface area contributed by atoms with Crippen LogP contribution in [0.1, 0.15) is 25.3 Å². The first-order valence-electron chi connectivity index (χ1n) is 6.83. The van der Waals surface area contributed by atoms with Crippen molar-refractivity contribution in [1.29, 1.82) is 0 Å². The molecule has 0 spiro atoms. The van der Waals surface area contributed by atoms with Gasteiger partial charge in [0.05, 0.1) is 12.2 Å². The Kier molecular flexibility index (Phi) is 3.04. The third-order valence-electron chi connectivity index (χ3n) is 3.92. The first-order chi connectivity index (χ1) is 8.64. The zero-order chi connectivity index (χ0) is 12.6. The van der Waals surface area contributed by atoms with Crippen LogP contribution in [0.2, 0.25) is 0 Å². The van der Waals surface area contributed by atoms with Gasteiger partial charge < -0.3 is 10.1 Å². The van der Waals surface area contributed by atoms with Gasteiger partial charge in [0.1, 0.15) is 0 Å². The highest BCUT2D eigenvalue weighted by Crippen LogP contribution is 2.32. The summed E-state index contributed by atoms with van der Waals surface area (Å²) >= 11 is 0. The number of benzene rings is 1. The van der Waals surface area contributed by atoms with E-state index >= 15 is 0 Å². The Morgan fingerprint density at radius 3 is 3.06 bits per heavy atom. The van der Waals surface area contributed by atoms with Crippen LogP contribution >= 0.6 is 0 Å². The fraction of sp³-hybridized carbons (Fsp3) is 0.600. The highest BCUT2D eigenvalue weighted by atomic mass is 16.5. The van der Waals surface area contributed by atoms with Crippen molar-refractivity contribution in [3.05, 3.63) is 29.8 Å². The van der Waals surface area contributed by atoms with E-state index in [2.05, 4.69) is 48.3 Å². The summed E-state index contributed by atoms with van der Waals surface area (Å²) in [6, 6.07) is 8.68. The quantitative estimate of drug-likeness (QED) is 0.866. The first-order valence-corrected chi connectivity index (χ1v) is 6.83. The Morgan fingerprint density at radius 2 is 2.22 bits per heavy atom. The lowest BCUT2D eigenvalue weighted by molar-refractivity contribution is -0.0867. The molecule has 0 radical (unpaired) electrons. The summed E-state index contributed by atoms with van der Waals surface area (Å²) in [5.74, 6) is 0.620. The van der Waals surface area contributed by atoms with E-state index in [4.69, 9.17) is 4.74 Å². The highest BCUT2D eigenvalue weighted by Gasteiger charge is 2.30. The standard InChI is InChI=1S/C15H22N2O/c1-15(2)11-17(7-8-18-15)10-12-9-16-14-6-4-3-5-13(12)14/h3-6,12,16H,7-11H2,1-2H3. The van der Waals surface area contributed by atoms with Gasteiger partial charge in [0.15, 0.2) is 0 Å². The van der Waals surface area contributed by atoms with Crippen molar-refractivity contribution in [3.8, 4) is 0 Å². The molecule has 18 heavy (non-hydrogen) atoms. The molecule has 3 nitrogen and oxygen atoms in total. The number of morpholine rings is 1. The van der Waals surface area contributed by atoms with Gasteiger partial charge in [-0.1, -0.05) is 18.2 Å². The molecule has 0 bridgehead atoms. The molecular weight excluding hydrogens is 224 g/mol. The van der Waals surface area contributed by atoms with Crippen LogP contribution in [0.4, 0.5) is 5.69 Å². The summed E-state index contributed by atoms with van der Waals surface area (Å²) in [5, 5.41) is 3.50. The minimum absolute atomic E-state index is 0.00377. The Morgan fingerprint density at radius 1 is 1.39 bits per heavy atom. The molecule has 2 aliphatic heterocycles. The third-order valence-corrected chi connectivity index (χ3v) is 3.92. The maximum absolute atomic E-state index is 5.77. The van der Waals surface area contributed by atoms with Crippen LogP contribution in [-0.2, 0) is 4.74 Å². The molecular formula is C15H22N2O. The van der Waals surface area contributed by atoms with Gasteiger partial charge >= 0.3 is 0 Å². The van der Waals surface area contributed by atoms with E-state index in [0.717, 1.165) is 32.8 Å². The molecule has 2 aliphatic rings. The maximum Gasteiger partial charge on any atom is 0.0753 e. The van der Waals surface area contributed by atoms with E-state index in [1.54, 1.807) is 0 Å². The summed E-state index contributed by atoms with van der Waals surface area (Å²) in [4.78, 5) is 2.54. The van der Waals surface area contributed by atoms with E-state index in [1.165, 1.54) is 11.3 Å². The predicted molar refractivity (Wildman–Crippen MR) is 74.1 cm³/mol. The van der Waals surface area contributed by atoms with E-state index in [1.807, 2.05) is 0 Å². The van der Waals surface area contributed by atoms with Crippen molar-refractivity contribution >= 4 is 5.69 Å². The molecule has 3 rings (SSSR count). The van der Waals surface area contributed by atoms with Crippen molar-refractivity contribution in [2.24, 2.45) is 0 Å². The number of rotatable bonds is 2. The van der Waals surface area contributed by atoms with E-state index < -0.39 is 0 Å². The predicted octanol–water partition coefficient (Wildman–Crippen LogP) is 2.31. The van der Waals surface area contributed by atoms with Gasteiger partial charge in [0.25, 0.3) is 0 Å². The van der Waals surface area contributed by atoms with Gasteiger partial charge in [0, 0.05) is 37.8 Å². The molecule has 0 saturated carbocycles. The summed E-state index contributed by atoms with van der Waals surface area (Å²) in [5.41, 5.74) is 2.79. The van der Waals surface area contributed by atoms with Crippen molar-refractivity contribution in [2.75, 3.05) is 38.1 Å². The average molecular weight is 246 g/mol. The van der Waals surface area contributed by atoms with Crippen LogP contribution < -0.4 is 5.32 Å². The topological polar surface area (TPSA) is 24.5 Å². The smallest absolute Gasteiger partial charge is 0.0753 e. The van der Waals surface area contributed by atoms with Gasteiger partial charge in [-0.15, -0.1) is 0 Å². The zero-order valence-electron chi connectivity index (χ0n) is 11.3. The van der Waals surface area contributed by atoms with Crippen LogP contribution in [0.15, 0.2) is 24.3 Å². The molecule has 1 fully saturated rings. The molecule has 1 atom stereocenters. The number of nitrogens with zero attached hydrogens (tertiary/aromatic N) is 1. The average Bonchev–Trinajstić information content (AvgIpc) is 2.72. The molecule has 1 aromatic carbocycles. The number of hydrogen-bond donors (Lipinski definition) is 1. The van der Waals surface area contributed by atoms with Crippen molar-refractivity contribution in [1.82, 2.24) is 4.90 Å². The highest BCUT2D eigenvalue weighted by molar-refractivity contribution is 5.57. The second-order valence-electron chi connectivity index (χ2n) is 6.01. The Labute approximate surface area is 109 Å². The molecule has 3 heteroatoms. The Hall–Kier alpha value is -1.06. The monoisotopic (exact) mass is 246 g/mol. The second-order valence-corrected chi connectivity index (χ2v) is 6.01. The molecule has 98 valence electrons. The Balaban J connectivity index is 1.68.